The number of carboxylic acids is 1. The summed E-state index contributed by atoms with van der Waals surface area (Å²) in [7, 11) is 0. The second-order valence-electron chi connectivity index (χ2n) is 9.44. The standard InChI is InChI=1S/C28H34N2O5/c1-2-19(13-14-26(31)30-17-7-12-25(30)27(32)33)15-16-29-28(34)35-18-24-22-10-5-3-8-20(22)21-9-4-6-11-23(21)24/h3-6,8-11,19,24-25H,2,7,12-18H2,1H3,(H,29,34)(H,32,33). The van der Waals surface area contributed by atoms with Gasteiger partial charge >= 0.3 is 12.1 Å². The van der Waals surface area contributed by atoms with Crippen LogP contribution in [0.1, 0.15) is 62.5 Å². The zero-order chi connectivity index (χ0) is 24.8. The molecule has 2 aliphatic rings. The van der Waals surface area contributed by atoms with E-state index in [1.54, 1.807) is 0 Å². The molecule has 0 aromatic heterocycles. The molecular formula is C28H34N2O5. The number of nitrogens with one attached hydrogen (secondary N) is 1. The summed E-state index contributed by atoms with van der Waals surface area (Å²) in [5.74, 6) is -0.700. The minimum Gasteiger partial charge on any atom is -0.480 e. The Morgan fingerprint density at radius 2 is 1.71 bits per heavy atom. The van der Waals surface area contributed by atoms with Gasteiger partial charge in [-0.2, -0.15) is 0 Å². The van der Waals surface area contributed by atoms with Crippen molar-refractivity contribution in [3.05, 3.63) is 59.7 Å². The Balaban J connectivity index is 1.21. The van der Waals surface area contributed by atoms with Gasteiger partial charge in [-0.25, -0.2) is 9.59 Å². The van der Waals surface area contributed by atoms with Crippen LogP contribution in [0.15, 0.2) is 48.5 Å². The zero-order valence-electron chi connectivity index (χ0n) is 20.2. The Morgan fingerprint density at radius 1 is 1.06 bits per heavy atom. The quantitative estimate of drug-likeness (QED) is 0.512. The maximum absolute atomic E-state index is 12.5. The van der Waals surface area contributed by atoms with Crippen molar-refractivity contribution < 1.29 is 24.2 Å². The molecule has 1 heterocycles. The van der Waals surface area contributed by atoms with Gasteiger partial charge in [0, 0.05) is 25.4 Å². The molecule has 2 aromatic rings. The molecule has 0 bridgehead atoms. The topological polar surface area (TPSA) is 95.9 Å². The van der Waals surface area contributed by atoms with Crippen molar-refractivity contribution in [1.82, 2.24) is 10.2 Å². The van der Waals surface area contributed by atoms with Gasteiger partial charge in [-0.1, -0.05) is 61.9 Å². The molecule has 7 nitrogen and oxygen atoms in total. The first-order valence-corrected chi connectivity index (χ1v) is 12.6. The van der Waals surface area contributed by atoms with E-state index < -0.39 is 18.1 Å². The van der Waals surface area contributed by atoms with E-state index in [1.165, 1.54) is 27.2 Å². The number of benzene rings is 2. The van der Waals surface area contributed by atoms with Crippen LogP contribution < -0.4 is 5.32 Å². The van der Waals surface area contributed by atoms with Crippen LogP contribution >= 0.6 is 0 Å². The van der Waals surface area contributed by atoms with Gasteiger partial charge in [0.2, 0.25) is 5.91 Å². The fraction of sp³-hybridized carbons (Fsp3) is 0.464. The Labute approximate surface area is 206 Å². The minimum atomic E-state index is -0.921. The van der Waals surface area contributed by atoms with E-state index >= 15 is 0 Å². The highest BCUT2D eigenvalue weighted by molar-refractivity contribution is 5.84. The Morgan fingerprint density at radius 3 is 2.34 bits per heavy atom. The molecular weight excluding hydrogens is 444 g/mol. The molecule has 0 radical (unpaired) electrons. The predicted molar refractivity (Wildman–Crippen MR) is 133 cm³/mol. The fourth-order valence-corrected chi connectivity index (χ4v) is 5.37. The molecule has 1 aliphatic carbocycles. The van der Waals surface area contributed by atoms with Gasteiger partial charge in [0.25, 0.3) is 0 Å². The maximum atomic E-state index is 12.5. The number of amides is 2. The van der Waals surface area contributed by atoms with E-state index in [9.17, 15) is 19.5 Å². The lowest BCUT2D eigenvalue weighted by atomic mass is 9.96. The van der Waals surface area contributed by atoms with Crippen LogP contribution in [0.4, 0.5) is 4.79 Å². The summed E-state index contributed by atoms with van der Waals surface area (Å²) in [6.45, 7) is 3.35. The number of hydrogen-bond donors (Lipinski definition) is 2. The summed E-state index contributed by atoms with van der Waals surface area (Å²) < 4.78 is 5.59. The van der Waals surface area contributed by atoms with Crippen molar-refractivity contribution >= 4 is 18.0 Å². The number of carbonyl (C=O) groups is 3. The van der Waals surface area contributed by atoms with Crippen LogP contribution in [0.3, 0.4) is 0 Å². The third kappa shape index (κ3) is 5.66. The summed E-state index contributed by atoms with van der Waals surface area (Å²) in [6.07, 6.45) is 3.50. The number of carbonyl (C=O) groups excluding carboxylic acids is 2. The van der Waals surface area contributed by atoms with E-state index in [2.05, 4.69) is 36.5 Å². The van der Waals surface area contributed by atoms with E-state index in [0.29, 0.717) is 32.4 Å². The lowest BCUT2D eigenvalue weighted by molar-refractivity contribution is -0.148. The smallest absolute Gasteiger partial charge is 0.407 e. The molecule has 0 saturated carbocycles. The molecule has 2 amide bonds. The first-order valence-electron chi connectivity index (χ1n) is 12.6. The average Bonchev–Trinajstić information content (AvgIpc) is 3.48. The highest BCUT2D eigenvalue weighted by atomic mass is 16.5. The largest absolute Gasteiger partial charge is 0.480 e. The molecule has 1 aliphatic heterocycles. The molecule has 2 unspecified atom stereocenters. The van der Waals surface area contributed by atoms with Crippen LogP contribution in [0.2, 0.25) is 0 Å². The minimum absolute atomic E-state index is 0.0303. The maximum Gasteiger partial charge on any atom is 0.407 e. The number of aliphatic carboxylic acids is 1. The molecule has 7 heteroatoms. The van der Waals surface area contributed by atoms with Gasteiger partial charge in [-0.15, -0.1) is 0 Å². The molecule has 1 saturated heterocycles. The Bertz CT molecular complexity index is 1020. The highest BCUT2D eigenvalue weighted by Crippen LogP contribution is 2.44. The number of ether oxygens (including phenoxy) is 1. The first-order chi connectivity index (χ1) is 17.0. The number of likely N-dealkylation sites (tertiary alicyclic amines) is 1. The number of fused-ring (bicyclic) bond motifs is 3. The SMILES string of the molecule is CCC(CCNC(=O)OCC1c2ccccc2-c2ccccc21)CCC(=O)N1CCCC1C(=O)O. The molecule has 1 fully saturated rings. The fourth-order valence-electron chi connectivity index (χ4n) is 5.37. The van der Waals surface area contributed by atoms with Gasteiger partial charge < -0.3 is 20.1 Å². The molecule has 2 atom stereocenters. The van der Waals surface area contributed by atoms with Crippen LogP contribution in [-0.2, 0) is 14.3 Å². The van der Waals surface area contributed by atoms with Gasteiger partial charge in [0.15, 0.2) is 0 Å². The van der Waals surface area contributed by atoms with Crippen LogP contribution in [0.5, 0.6) is 0 Å². The first kappa shape index (κ1) is 24.8. The van der Waals surface area contributed by atoms with Crippen molar-refractivity contribution in [2.45, 2.75) is 57.4 Å². The second kappa shape index (κ2) is 11.4. The van der Waals surface area contributed by atoms with Crippen molar-refractivity contribution in [3.8, 4) is 11.1 Å². The number of carboxylic acid groups (broad SMARTS) is 1. The number of hydrogen-bond acceptors (Lipinski definition) is 4. The third-order valence-electron chi connectivity index (χ3n) is 7.37. The normalized spacial score (nSPS) is 17.5. The van der Waals surface area contributed by atoms with E-state index in [1.807, 2.05) is 24.3 Å². The molecule has 0 spiro atoms. The van der Waals surface area contributed by atoms with Gasteiger partial charge in [0.1, 0.15) is 12.6 Å². The highest BCUT2D eigenvalue weighted by Gasteiger charge is 2.33. The molecule has 2 aromatic carbocycles. The van der Waals surface area contributed by atoms with Crippen LogP contribution in [0, 0.1) is 5.92 Å². The van der Waals surface area contributed by atoms with E-state index in [-0.39, 0.29) is 24.3 Å². The van der Waals surface area contributed by atoms with Crippen molar-refractivity contribution in [2.24, 2.45) is 5.92 Å². The molecule has 186 valence electrons. The summed E-state index contributed by atoms with van der Waals surface area (Å²) >= 11 is 0. The predicted octanol–water partition coefficient (Wildman–Crippen LogP) is 4.80. The van der Waals surface area contributed by atoms with E-state index in [4.69, 9.17) is 4.74 Å². The molecule has 2 N–H and O–H groups in total. The van der Waals surface area contributed by atoms with Gasteiger partial charge in [-0.3, -0.25) is 4.79 Å². The number of alkyl carbamates (subject to hydrolysis) is 1. The second-order valence-corrected chi connectivity index (χ2v) is 9.44. The number of nitrogens with zero attached hydrogens (tertiary/aromatic N) is 1. The van der Waals surface area contributed by atoms with Gasteiger partial charge in [0.05, 0.1) is 0 Å². The lowest BCUT2D eigenvalue weighted by Gasteiger charge is -2.23. The zero-order valence-corrected chi connectivity index (χ0v) is 20.2. The van der Waals surface area contributed by atoms with Crippen molar-refractivity contribution in [3.63, 3.8) is 0 Å². The van der Waals surface area contributed by atoms with Crippen LogP contribution in [0.25, 0.3) is 11.1 Å². The molecule has 4 rings (SSSR count). The van der Waals surface area contributed by atoms with E-state index in [0.717, 1.165) is 19.3 Å². The lowest BCUT2D eigenvalue weighted by Crippen LogP contribution is -2.40. The summed E-state index contributed by atoms with van der Waals surface area (Å²) in [5.41, 5.74) is 4.75. The van der Waals surface area contributed by atoms with Gasteiger partial charge in [-0.05, 0) is 53.9 Å². The summed E-state index contributed by atoms with van der Waals surface area (Å²) in [5, 5.41) is 12.1. The van der Waals surface area contributed by atoms with Crippen LogP contribution in [-0.4, -0.2) is 53.7 Å². The summed E-state index contributed by atoms with van der Waals surface area (Å²) in [6, 6.07) is 15.8. The van der Waals surface area contributed by atoms with Crippen molar-refractivity contribution in [2.75, 3.05) is 19.7 Å². The Kier molecular flexibility index (Phi) is 8.06. The Hall–Kier alpha value is -3.35. The van der Waals surface area contributed by atoms with Crippen molar-refractivity contribution in [1.29, 1.82) is 0 Å². The molecule has 35 heavy (non-hydrogen) atoms. The summed E-state index contributed by atoms with van der Waals surface area (Å²) in [4.78, 5) is 37.7. The number of rotatable bonds is 10. The average molecular weight is 479 g/mol. The third-order valence-corrected chi connectivity index (χ3v) is 7.37. The monoisotopic (exact) mass is 478 g/mol.